The summed E-state index contributed by atoms with van der Waals surface area (Å²) in [6.07, 6.45) is 0. The molecule has 0 saturated heterocycles. The van der Waals surface area contributed by atoms with Crippen LogP contribution in [0.15, 0.2) is 65.6 Å². The average molecular weight is 648 g/mol. The van der Waals surface area contributed by atoms with Crippen molar-refractivity contribution >= 4 is 39.1 Å². The molecule has 1 unspecified atom stereocenters. The number of methoxy groups -OCH3 is 4. The first-order valence-electron chi connectivity index (χ1n) is 13.7. The molecule has 0 spiro atoms. The van der Waals surface area contributed by atoms with E-state index in [1.807, 2.05) is 0 Å². The number of halogens is 1. The quantitative estimate of drug-likeness (QED) is 0.271. The minimum absolute atomic E-state index is 0.00837. The molecule has 0 aromatic heterocycles. The van der Waals surface area contributed by atoms with Crippen LogP contribution in [-0.4, -0.2) is 72.2 Å². The number of hydrogen-bond acceptors (Lipinski definition) is 8. The Morgan fingerprint density at radius 1 is 0.841 bits per heavy atom. The van der Waals surface area contributed by atoms with E-state index < -0.39 is 34.4 Å². The van der Waals surface area contributed by atoms with Crippen molar-refractivity contribution in [3.63, 3.8) is 0 Å². The molecule has 0 aliphatic rings. The molecule has 13 heteroatoms. The molecule has 0 bridgehead atoms. The van der Waals surface area contributed by atoms with E-state index in [2.05, 4.69) is 5.32 Å². The zero-order chi connectivity index (χ0) is 32.6. The van der Waals surface area contributed by atoms with Gasteiger partial charge in [-0.05, 0) is 62.7 Å². The standard InChI is InChI=1S/C31H38ClN3O8S/c1-20(2)33-31(37)21(3)34(18-22-9-8-10-23(32)15-22)30(36)19-35(26-16-24(40-4)11-13-27(26)41-5)44(38,39)25-12-14-28(42-6)29(17-25)43-7/h8-17,20-21H,18-19H2,1-7H3,(H,33,37). The largest absolute Gasteiger partial charge is 0.497 e. The Morgan fingerprint density at radius 2 is 1.50 bits per heavy atom. The van der Waals surface area contributed by atoms with Gasteiger partial charge in [-0.25, -0.2) is 8.42 Å². The molecule has 3 rings (SSSR count). The van der Waals surface area contributed by atoms with Crippen LogP contribution in [0, 0.1) is 0 Å². The summed E-state index contributed by atoms with van der Waals surface area (Å²) in [7, 11) is 1.19. The number of anilines is 1. The first-order chi connectivity index (χ1) is 20.9. The van der Waals surface area contributed by atoms with Gasteiger partial charge in [0, 0.05) is 29.7 Å². The van der Waals surface area contributed by atoms with Gasteiger partial charge in [0.1, 0.15) is 24.1 Å². The van der Waals surface area contributed by atoms with Gasteiger partial charge in [-0.3, -0.25) is 13.9 Å². The van der Waals surface area contributed by atoms with Crippen LogP contribution >= 0.6 is 11.6 Å². The van der Waals surface area contributed by atoms with Crippen LogP contribution in [0.25, 0.3) is 0 Å². The van der Waals surface area contributed by atoms with Gasteiger partial charge < -0.3 is 29.2 Å². The second kappa shape index (κ2) is 15.0. The molecule has 1 N–H and O–H groups in total. The highest BCUT2D eigenvalue weighted by molar-refractivity contribution is 7.92. The number of hydrogen-bond donors (Lipinski definition) is 1. The summed E-state index contributed by atoms with van der Waals surface area (Å²) in [6, 6.07) is 14.4. The fraction of sp³-hybridized carbons (Fsp3) is 0.355. The number of amides is 2. The monoisotopic (exact) mass is 647 g/mol. The molecule has 0 aliphatic carbocycles. The zero-order valence-electron chi connectivity index (χ0n) is 25.8. The lowest BCUT2D eigenvalue weighted by atomic mass is 10.1. The van der Waals surface area contributed by atoms with Gasteiger partial charge in [-0.2, -0.15) is 0 Å². The number of ether oxygens (including phenoxy) is 4. The maximum absolute atomic E-state index is 14.3. The van der Waals surface area contributed by atoms with Crippen LogP contribution in [0.5, 0.6) is 23.0 Å². The molecular weight excluding hydrogens is 610 g/mol. The third-order valence-corrected chi connectivity index (χ3v) is 8.71. The van der Waals surface area contributed by atoms with E-state index in [1.54, 1.807) is 51.1 Å². The molecule has 0 saturated carbocycles. The Kier molecular flexibility index (Phi) is 11.7. The second-order valence-corrected chi connectivity index (χ2v) is 12.4. The molecule has 3 aromatic carbocycles. The van der Waals surface area contributed by atoms with Crippen LogP contribution in [0.4, 0.5) is 5.69 Å². The molecule has 0 fully saturated rings. The van der Waals surface area contributed by atoms with Crippen LogP contribution in [0.2, 0.25) is 5.02 Å². The number of carbonyl (C=O) groups is 2. The fourth-order valence-electron chi connectivity index (χ4n) is 4.43. The summed E-state index contributed by atoms with van der Waals surface area (Å²) in [5, 5.41) is 3.27. The average Bonchev–Trinajstić information content (AvgIpc) is 3.00. The number of carbonyl (C=O) groups excluding carboxylic acids is 2. The van der Waals surface area contributed by atoms with Crippen molar-refractivity contribution in [3.8, 4) is 23.0 Å². The van der Waals surface area contributed by atoms with E-state index in [-0.39, 0.29) is 34.7 Å². The van der Waals surface area contributed by atoms with E-state index in [0.29, 0.717) is 22.1 Å². The predicted molar refractivity (Wildman–Crippen MR) is 168 cm³/mol. The molecular formula is C31H38ClN3O8S. The van der Waals surface area contributed by atoms with Gasteiger partial charge >= 0.3 is 0 Å². The smallest absolute Gasteiger partial charge is 0.265 e. The van der Waals surface area contributed by atoms with E-state index in [0.717, 1.165) is 4.31 Å². The van der Waals surface area contributed by atoms with Gasteiger partial charge in [0.25, 0.3) is 10.0 Å². The van der Waals surface area contributed by atoms with Gasteiger partial charge in [-0.15, -0.1) is 0 Å². The van der Waals surface area contributed by atoms with Crippen molar-refractivity contribution in [2.75, 3.05) is 39.3 Å². The Hall–Kier alpha value is -4.16. The summed E-state index contributed by atoms with van der Waals surface area (Å²) < 4.78 is 51.1. The van der Waals surface area contributed by atoms with Crippen molar-refractivity contribution in [3.05, 3.63) is 71.2 Å². The Bertz CT molecular complexity index is 1580. The van der Waals surface area contributed by atoms with E-state index >= 15 is 0 Å². The summed E-state index contributed by atoms with van der Waals surface area (Å²) in [4.78, 5) is 28.5. The molecule has 44 heavy (non-hydrogen) atoms. The lowest BCUT2D eigenvalue weighted by Crippen LogP contribution is -2.52. The Labute approximate surface area is 263 Å². The van der Waals surface area contributed by atoms with Crippen molar-refractivity contribution < 1.29 is 37.0 Å². The molecule has 0 radical (unpaired) electrons. The van der Waals surface area contributed by atoms with E-state index in [1.165, 1.54) is 63.7 Å². The predicted octanol–water partition coefficient (Wildman–Crippen LogP) is 4.51. The van der Waals surface area contributed by atoms with Crippen molar-refractivity contribution in [2.45, 2.75) is 44.3 Å². The summed E-state index contributed by atoms with van der Waals surface area (Å²) in [6.45, 7) is 4.51. The van der Waals surface area contributed by atoms with Crippen molar-refractivity contribution in [1.82, 2.24) is 10.2 Å². The number of nitrogens with one attached hydrogen (secondary N) is 1. The first-order valence-corrected chi connectivity index (χ1v) is 15.5. The van der Waals surface area contributed by atoms with Crippen LogP contribution in [-0.2, 0) is 26.2 Å². The number of sulfonamides is 1. The normalized spacial score (nSPS) is 11.8. The molecule has 238 valence electrons. The number of rotatable bonds is 14. The van der Waals surface area contributed by atoms with E-state index in [9.17, 15) is 18.0 Å². The topological polar surface area (TPSA) is 124 Å². The number of nitrogens with zero attached hydrogens (tertiary/aromatic N) is 2. The maximum Gasteiger partial charge on any atom is 0.265 e. The van der Waals surface area contributed by atoms with Crippen LogP contribution < -0.4 is 28.6 Å². The highest BCUT2D eigenvalue weighted by Gasteiger charge is 2.34. The molecule has 0 heterocycles. The second-order valence-electron chi connectivity index (χ2n) is 10.1. The maximum atomic E-state index is 14.3. The molecule has 11 nitrogen and oxygen atoms in total. The summed E-state index contributed by atoms with van der Waals surface area (Å²) >= 11 is 6.20. The Balaban J connectivity index is 2.18. The van der Waals surface area contributed by atoms with Crippen LogP contribution in [0.3, 0.4) is 0 Å². The van der Waals surface area contributed by atoms with Crippen LogP contribution in [0.1, 0.15) is 26.3 Å². The number of benzene rings is 3. The fourth-order valence-corrected chi connectivity index (χ4v) is 6.07. The summed E-state index contributed by atoms with van der Waals surface area (Å²) in [5.74, 6) is -0.0328. The molecule has 3 aromatic rings. The highest BCUT2D eigenvalue weighted by Crippen LogP contribution is 2.37. The molecule has 1 atom stereocenters. The van der Waals surface area contributed by atoms with Gasteiger partial charge in [0.2, 0.25) is 11.8 Å². The van der Waals surface area contributed by atoms with Gasteiger partial charge in [0.15, 0.2) is 11.5 Å². The minimum atomic E-state index is -4.45. The lowest BCUT2D eigenvalue weighted by molar-refractivity contribution is -0.139. The van der Waals surface area contributed by atoms with Crippen molar-refractivity contribution in [1.29, 1.82) is 0 Å². The molecule has 0 aliphatic heterocycles. The zero-order valence-corrected chi connectivity index (χ0v) is 27.4. The highest BCUT2D eigenvalue weighted by atomic mass is 35.5. The first kappa shape index (κ1) is 34.3. The lowest BCUT2D eigenvalue weighted by Gasteiger charge is -2.32. The minimum Gasteiger partial charge on any atom is -0.497 e. The Morgan fingerprint density at radius 3 is 2.09 bits per heavy atom. The van der Waals surface area contributed by atoms with Gasteiger partial charge in [0.05, 0.1) is 39.0 Å². The SMILES string of the molecule is COc1ccc(OC)c(N(CC(=O)N(Cc2cccc(Cl)c2)C(C)C(=O)NC(C)C)S(=O)(=O)c2ccc(OC)c(OC)c2)c1. The third-order valence-electron chi connectivity index (χ3n) is 6.72. The third kappa shape index (κ3) is 8.06. The van der Waals surface area contributed by atoms with E-state index in [4.69, 9.17) is 30.5 Å². The van der Waals surface area contributed by atoms with Gasteiger partial charge in [-0.1, -0.05) is 23.7 Å². The van der Waals surface area contributed by atoms with Crippen molar-refractivity contribution in [2.24, 2.45) is 0 Å². The molecule has 2 amide bonds. The summed E-state index contributed by atoms with van der Waals surface area (Å²) in [5.41, 5.74) is 0.709.